The van der Waals surface area contributed by atoms with Crippen LogP contribution in [-0.4, -0.2) is 34.8 Å². The Labute approximate surface area is 109 Å². The van der Waals surface area contributed by atoms with E-state index in [0.29, 0.717) is 12.5 Å². The Bertz CT molecular complexity index is 554. The van der Waals surface area contributed by atoms with Gasteiger partial charge in [-0.3, -0.25) is 5.43 Å². The van der Waals surface area contributed by atoms with E-state index >= 15 is 0 Å². The number of nitrogens with zero attached hydrogens (tertiary/aromatic N) is 3. The van der Waals surface area contributed by atoms with E-state index in [1.807, 2.05) is 24.9 Å². The zero-order chi connectivity index (χ0) is 13.3. The number of rotatable bonds is 4. The van der Waals surface area contributed by atoms with Crippen LogP contribution in [0.1, 0.15) is 11.8 Å². The predicted octanol–water partition coefficient (Wildman–Crippen LogP) is 1.10. The predicted molar refractivity (Wildman–Crippen MR) is 74.9 cm³/mol. The van der Waals surface area contributed by atoms with Crippen LogP contribution in [0.2, 0.25) is 0 Å². The second kappa shape index (κ2) is 5.05. The number of fused-ring (bicyclic) bond motifs is 1. The Morgan fingerprint density at radius 2 is 2.28 bits per heavy atom. The normalized spacial score (nSPS) is 12.7. The zero-order valence-electron chi connectivity index (χ0n) is 10.6. The van der Waals surface area contributed by atoms with Gasteiger partial charge in [0, 0.05) is 18.5 Å². The molecule has 0 aliphatic heterocycles. The van der Waals surface area contributed by atoms with Crippen molar-refractivity contribution in [2.24, 2.45) is 5.84 Å². The van der Waals surface area contributed by atoms with E-state index in [1.165, 1.54) is 4.88 Å². The third-order valence-electron chi connectivity index (χ3n) is 2.52. The largest absolute Gasteiger partial charge is 0.392 e. The third kappa shape index (κ3) is 2.53. The van der Waals surface area contributed by atoms with Gasteiger partial charge in [0.05, 0.1) is 11.5 Å². The molecular weight excluding hydrogens is 250 g/mol. The summed E-state index contributed by atoms with van der Waals surface area (Å²) in [6.45, 7) is 4.28. The molecule has 0 saturated heterocycles. The SMILES string of the molecule is Cc1cc2c(N(C)CC(C)O)nc(NN)nc2s1. The minimum atomic E-state index is -0.422. The van der Waals surface area contributed by atoms with E-state index in [4.69, 9.17) is 5.84 Å². The van der Waals surface area contributed by atoms with Crippen molar-refractivity contribution in [1.29, 1.82) is 0 Å². The highest BCUT2D eigenvalue weighted by Crippen LogP contribution is 2.31. The van der Waals surface area contributed by atoms with Crippen LogP contribution in [0.5, 0.6) is 0 Å². The fourth-order valence-corrected chi connectivity index (χ4v) is 2.74. The maximum absolute atomic E-state index is 9.47. The number of aromatic nitrogens is 2. The lowest BCUT2D eigenvalue weighted by atomic mass is 10.3. The highest BCUT2D eigenvalue weighted by atomic mass is 32.1. The first kappa shape index (κ1) is 13.0. The molecule has 2 heterocycles. The Morgan fingerprint density at radius 1 is 1.56 bits per heavy atom. The fourth-order valence-electron chi connectivity index (χ4n) is 1.87. The highest BCUT2D eigenvalue weighted by Gasteiger charge is 2.14. The zero-order valence-corrected chi connectivity index (χ0v) is 11.5. The molecule has 6 nitrogen and oxygen atoms in total. The highest BCUT2D eigenvalue weighted by molar-refractivity contribution is 7.18. The first-order chi connectivity index (χ1) is 8.51. The lowest BCUT2D eigenvalue weighted by molar-refractivity contribution is 0.201. The molecule has 7 heteroatoms. The van der Waals surface area contributed by atoms with Crippen molar-refractivity contribution >= 4 is 33.3 Å². The summed E-state index contributed by atoms with van der Waals surface area (Å²) in [4.78, 5) is 12.6. The molecule has 2 aromatic heterocycles. The van der Waals surface area contributed by atoms with Crippen LogP contribution in [0, 0.1) is 6.92 Å². The van der Waals surface area contributed by atoms with Gasteiger partial charge >= 0.3 is 0 Å². The monoisotopic (exact) mass is 267 g/mol. The van der Waals surface area contributed by atoms with Crippen molar-refractivity contribution in [3.63, 3.8) is 0 Å². The summed E-state index contributed by atoms with van der Waals surface area (Å²) in [5.74, 6) is 6.54. The van der Waals surface area contributed by atoms with Gasteiger partial charge in [-0.1, -0.05) is 0 Å². The maximum Gasteiger partial charge on any atom is 0.240 e. The van der Waals surface area contributed by atoms with Crippen LogP contribution in [0.4, 0.5) is 11.8 Å². The molecule has 1 atom stereocenters. The summed E-state index contributed by atoms with van der Waals surface area (Å²) >= 11 is 1.60. The number of nitrogens with one attached hydrogen (secondary N) is 1. The van der Waals surface area contributed by atoms with Crippen LogP contribution in [0.25, 0.3) is 10.2 Å². The van der Waals surface area contributed by atoms with Crippen LogP contribution in [-0.2, 0) is 0 Å². The van der Waals surface area contributed by atoms with E-state index < -0.39 is 6.10 Å². The average molecular weight is 267 g/mol. The first-order valence-corrected chi connectivity index (χ1v) is 6.47. The molecule has 4 N–H and O–H groups in total. The van der Waals surface area contributed by atoms with Crippen molar-refractivity contribution in [3.8, 4) is 0 Å². The molecule has 0 bridgehead atoms. The second-order valence-corrected chi connectivity index (χ2v) is 5.56. The van der Waals surface area contributed by atoms with E-state index in [1.54, 1.807) is 18.3 Å². The number of aliphatic hydroxyl groups excluding tert-OH is 1. The molecule has 0 fully saturated rings. The third-order valence-corrected chi connectivity index (χ3v) is 3.47. The van der Waals surface area contributed by atoms with Gasteiger partial charge in [-0.2, -0.15) is 4.98 Å². The average Bonchev–Trinajstić information content (AvgIpc) is 2.66. The first-order valence-electron chi connectivity index (χ1n) is 5.65. The van der Waals surface area contributed by atoms with Crippen LogP contribution < -0.4 is 16.2 Å². The number of nitrogens with two attached hydrogens (primary N) is 1. The Kier molecular flexibility index (Phi) is 3.65. The second-order valence-electron chi connectivity index (χ2n) is 4.32. The van der Waals surface area contributed by atoms with Gasteiger partial charge in [0.2, 0.25) is 5.95 Å². The quantitative estimate of drug-likeness (QED) is 0.568. The topological polar surface area (TPSA) is 87.3 Å². The van der Waals surface area contributed by atoms with Crippen molar-refractivity contribution < 1.29 is 5.11 Å². The van der Waals surface area contributed by atoms with Crippen LogP contribution in [0.15, 0.2) is 6.07 Å². The Hall–Kier alpha value is -1.44. The maximum atomic E-state index is 9.47. The van der Waals surface area contributed by atoms with E-state index in [9.17, 15) is 5.11 Å². The van der Waals surface area contributed by atoms with Crippen LogP contribution >= 0.6 is 11.3 Å². The molecule has 18 heavy (non-hydrogen) atoms. The van der Waals surface area contributed by atoms with E-state index in [0.717, 1.165) is 16.0 Å². The summed E-state index contributed by atoms with van der Waals surface area (Å²) in [5, 5.41) is 10.5. The molecule has 0 saturated carbocycles. The summed E-state index contributed by atoms with van der Waals surface area (Å²) in [7, 11) is 1.89. The summed E-state index contributed by atoms with van der Waals surface area (Å²) in [6.07, 6.45) is -0.422. The van der Waals surface area contributed by atoms with Crippen molar-refractivity contribution in [1.82, 2.24) is 9.97 Å². The molecule has 0 aromatic carbocycles. The minimum Gasteiger partial charge on any atom is -0.392 e. The summed E-state index contributed by atoms with van der Waals surface area (Å²) in [5.41, 5.74) is 2.47. The molecule has 1 unspecified atom stereocenters. The van der Waals surface area contributed by atoms with Gasteiger partial charge < -0.3 is 10.0 Å². The van der Waals surface area contributed by atoms with Gasteiger partial charge in [-0.05, 0) is 19.9 Å². The lowest BCUT2D eigenvalue weighted by Crippen LogP contribution is -2.28. The number of thiophene rings is 1. The molecule has 0 aliphatic rings. The molecule has 0 radical (unpaired) electrons. The standard InChI is InChI=1S/C11H17N5OS/c1-6(17)5-16(3)9-8-4-7(2)18-10(8)14-11(13-9)15-12/h4,6,17H,5,12H2,1-3H3,(H,13,14,15). The summed E-state index contributed by atoms with van der Waals surface area (Å²) in [6, 6.07) is 2.05. The van der Waals surface area contributed by atoms with E-state index in [-0.39, 0.29) is 0 Å². The smallest absolute Gasteiger partial charge is 0.240 e. The van der Waals surface area contributed by atoms with Gasteiger partial charge in [0.25, 0.3) is 0 Å². The molecule has 0 aliphatic carbocycles. The molecule has 2 aromatic rings. The van der Waals surface area contributed by atoms with Gasteiger partial charge in [-0.15, -0.1) is 11.3 Å². The summed E-state index contributed by atoms with van der Waals surface area (Å²) < 4.78 is 0. The van der Waals surface area contributed by atoms with Crippen molar-refractivity contribution in [2.75, 3.05) is 23.9 Å². The number of nitrogen functional groups attached to an aromatic ring is 1. The van der Waals surface area contributed by atoms with E-state index in [2.05, 4.69) is 15.4 Å². The number of hydrogen-bond acceptors (Lipinski definition) is 7. The molecular formula is C11H17N5OS. The fraction of sp³-hybridized carbons (Fsp3) is 0.455. The number of hydrazine groups is 1. The number of aliphatic hydroxyl groups is 1. The molecule has 2 rings (SSSR count). The van der Waals surface area contributed by atoms with Gasteiger partial charge in [0.1, 0.15) is 10.6 Å². The van der Waals surface area contributed by atoms with Gasteiger partial charge in [-0.25, -0.2) is 10.8 Å². The molecule has 98 valence electrons. The number of likely N-dealkylation sites (N-methyl/N-ethyl adjacent to an activating group) is 1. The Morgan fingerprint density at radius 3 is 2.89 bits per heavy atom. The lowest BCUT2D eigenvalue weighted by Gasteiger charge is -2.20. The number of hydrogen-bond donors (Lipinski definition) is 3. The Balaban J connectivity index is 2.52. The number of aryl methyl sites for hydroxylation is 1. The van der Waals surface area contributed by atoms with Crippen molar-refractivity contribution in [3.05, 3.63) is 10.9 Å². The molecule has 0 amide bonds. The van der Waals surface area contributed by atoms with Gasteiger partial charge in [0.15, 0.2) is 0 Å². The van der Waals surface area contributed by atoms with Crippen molar-refractivity contribution in [2.45, 2.75) is 20.0 Å². The molecule has 0 spiro atoms. The van der Waals surface area contributed by atoms with Crippen LogP contribution in [0.3, 0.4) is 0 Å². The number of anilines is 2. The minimum absolute atomic E-state index is 0.386.